The minimum absolute atomic E-state index is 0.0873. The Balaban J connectivity index is 1.93. The minimum atomic E-state index is -0.246. The van der Waals surface area contributed by atoms with Crippen LogP contribution in [0.25, 0.3) is 0 Å². The molecule has 1 aromatic rings. The highest BCUT2D eigenvalue weighted by Gasteiger charge is 2.25. The molecule has 0 aliphatic carbocycles. The van der Waals surface area contributed by atoms with E-state index >= 15 is 0 Å². The van der Waals surface area contributed by atoms with Crippen LogP contribution in [0.2, 0.25) is 0 Å². The summed E-state index contributed by atoms with van der Waals surface area (Å²) in [5.41, 5.74) is 0.989. The smallest absolute Gasteiger partial charge is 0.225 e. The van der Waals surface area contributed by atoms with Crippen LogP contribution in [-0.2, 0) is 16.0 Å². The van der Waals surface area contributed by atoms with Crippen LogP contribution in [0.15, 0.2) is 24.3 Å². The van der Waals surface area contributed by atoms with Crippen molar-refractivity contribution < 1.29 is 13.9 Å². The Morgan fingerprint density at radius 1 is 1.47 bits per heavy atom. The third kappa shape index (κ3) is 3.77. The Hall–Kier alpha value is -1.42. The average Bonchev–Trinajstić information content (AvgIpc) is 2.40. The Morgan fingerprint density at radius 2 is 2.16 bits per heavy atom. The molecule has 1 heterocycles. The van der Waals surface area contributed by atoms with Crippen molar-refractivity contribution in [1.29, 1.82) is 0 Å². The van der Waals surface area contributed by atoms with Gasteiger partial charge in [-0.05, 0) is 31.0 Å². The summed E-state index contributed by atoms with van der Waals surface area (Å²) in [7, 11) is 0. The van der Waals surface area contributed by atoms with E-state index in [4.69, 9.17) is 4.74 Å². The maximum atomic E-state index is 12.8. The topological polar surface area (TPSA) is 29.5 Å². The fourth-order valence-corrected chi connectivity index (χ4v) is 2.39. The Morgan fingerprint density at radius 3 is 2.79 bits per heavy atom. The van der Waals surface area contributed by atoms with Crippen LogP contribution in [0.1, 0.15) is 19.4 Å². The van der Waals surface area contributed by atoms with E-state index in [1.165, 1.54) is 12.1 Å². The van der Waals surface area contributed by atoms with Crippen LogP contribution in [-0.4, -0.2) is 36.6 Å². The van der Waals surface area contributed by atoms with E-state index in [0.29, 0.717) is 26.1 Å². The lowest BCUT2D eigenvalue weighted by Crippen LogP contribution is -2.46. The first-order valence-electron chi connectivity index (χ1n) is 6.71. The second-order valence-electron chi connectivity index (χ2n) is 5.20. The Bertz CT molecular complexity index is 432. The molecule has 0 radical (unpaired) electrons. The predicted octanol–water partition coefficient (Wildman–Crippen LogP) is 2.25. The van der Waals surface area contributed by atoms with Gasteiger partial charge in [-0.15, -0.1) is 0 Å². The van der Waals surface area contributed by atoms with Gasteiger partial charge in [0.1, 0.15) is 5.82 Å². The molecule has 1 amide bonds. The second-order valence-corrected chi connectivity index (χ2v) is 5.20. The molecule has 2 atom stereocenters. The summed E-state index contributed by atoms with van der Waals surface area (Å²) in [5.74, 6) is -0.181. The van der Waals surface area contributed by atoms with E-state index < -0.39 is 0 Å². The molecule has 0 spiro atoms. The molecule has 104 valence electrons. The van der Waals surface area contributed by atoms with E-state index in [9.17, 15) is 9.18 Å². The number of carbonyl (C=O) groups excluding carboxylic acids is 1. The average molecular weight is 265 g/mol. The second kappa shape index (κ2) is 6.15. The SMILES string of the molecule is CC1CN(C(=O)C(C)Cc2ccc(F)cc2)CCO1. The fourth-order valence-electron chi connectivity index (χ4n) is 2.39. The van der Waals surface area contributed by atoms with Crippen molar-refractivity contribution in [3.05, 3.63) is 35.6 Å². The molecule has 1 fully saturated rings. The summed E-state index contributed by atoms with van der Waals surface area (Å²) >= 11 is 0. The molecule has 0 bridgehead atoms. The molecular weight excluding hydrogens is 245 g/mol. The monoisotopic (exact) mass is 265 g/mol. The Labute approximate surface area is 113 Å². The van der Waals surface area contributed by atoms with Crippen molar-refractivity contribution >= 4 is 5.91 Å². The van der Waals surface area contributed by atoms with Crippen molar-refractivity contribution in [1.82, 2.24) is 4.90 Å². The highest BCUT2D eigenvalue weighted by atomic mass is 19.1. The number of benzene rings is 1. The molecule has 0 aromatic heterocycles. The molecule has 2 rings (SSSR count). The summed E-state index contributed by atoms with van der Waals surface area (Å²) in [4.78, 5) is 14.2. The fraction of sp³-hybridized carbons (Fsp3) is 0.533. The van der Waals surface area contributed by atoms with Crippen molar-refractivity contribution in [3.8, 4) is 0 Å². The van der Waals surface area contributed by atoms with Gasteiger partial charge in [0, 0.05) is 19.0 Å². The highest BCUT2D eigenvalue weighted by Crippen LogP contribution is 2.14. The molecule has 1 aliphatic rings. The molecule has 0 saturated carbocycles. The summed E-state index contributed by atoms with van der Waals surface area (Å²) in [6.07, 6.45) is 0.751. The van der Waals surface area contributed by atoms with Crippen molar-refractivity contribution in [2.75, 3.05) is 19.7 Å². The van der Waals surface area contributed by atoms with Crippen LogP contribution in [0.5, 0.6) is 0 Å². The van der Waals surface area contributed by atoms with Crippen LogP contribution < -0.4 is 0 Å². The van der Waals surface area contributed by atoms with Gasteiger partial charge in [-0.2, -0.15) is 0 Å². The number of halogens is 1. The highest BCUT2D eigenvalue weighted by molar-refractivity contribution is 5.79. The van der Waals surface area contributed by atoms with Crippen molar-refractivity contribution in [2.24, 2.45) is 5.92 Å². The zero-order valence-electron chi connectivity index (χ0n) is 11.4. The molecule has 3 nitrogen and oxygen atoms in total. The van der Waals surface area contributed by atoms with Crippen molar-refractivity contribution in [2.45, 2.75) is 26.4 Å². The normalized spacial score (nSPS) is 21.2. The maximum Gasteiger partial charge on any atom is 0.225 e. The molecular formula is C15H20FNO2. The summed E-state index contributed by atoms with van der Waals surface area (Å²) in [5, 5.41) is 0. The molecule has 0 N–H and O–H groups in total. The van der Waals surface area contributed by atoms with E-state index in [0.717, 1.165) is 5.56 Å². The van der Waals surface area contributed by atoms with Gasteiger partial charge in [0.05, 0.1) is 12.7 Å². The largest absolute Gasteiger partial charge is 0.375 e. The van der Waals surface area contributed by atoms with Gasteiger partial charge in [-0.3, -0.25) is 4.79 Å². The minimum Gasteiger partial charge on any atom is -0.375 e. The van der Waals surface area contributed by atoms with Gasteiger partial charge in [-0.25, -0.2) is 4.39 Å². The molecule has 4 heteroatoms. The number of amides is 1. The van der Waals surface area contributed by atoms with Gasteiger partial charge < -0.3 is 9.64 Å². The van der Waals surface area contributed by atoms with Gasteiger partial charge in [0.2, 0.25) is 5.91 Å². The molecule has 1 aliphatic heterocycles. The van der Waals surface area contributed by atoms with Crippen LogP contribution in [0.3, 0.4) is 0 Å². The third-order valence-electron chi connectivity index (χ3n) is 3.43. The summed E-state index contributed by atoms with van der Waals surface area (Å²) < 4.78 is 18.3. The number of hydrogen-bond donors (Lipinski definition) is 0. The van der Waals surface area contributed by atoms with E-state index in [1.807, 2.05) is 18.7 Å². The van der Waals surface area contributed by atoms with Gasteiger partial charge in [-0.1, -0.05) is 19.1 Å². The summed E-state index contributed by atoms with van der Waals surface area (Å²) in [6, 6.07) is 6.34. The first kappa shape index (κ1) is 14.0. The molecule has 2 unspecified atom stereocenters. The van der Waals surface area contributed by atoms with Crippen molar-refractivity contribution in [3.63, 3.8) is 0 Å². The molecule has 1 saturated heterocycles. The first-order chi connectivity index (χ1) is 9.06. The predicted molar refractivity (Wildman–Crippen MR) is 71.3 cm³/mol. The number of carbonyl (C=O) groups is 1. The number of nitrogens with zero attached hydrogens (tertiary/aromatic N) is 1. The first-order valence-corrected chi connectivity index (χ1v) is 6.71. The third-order valence-corrected chi connectivity index (χ3v) is 3.43. The van der Waals surface area contributed by atoms with Gasteiger partial charge in [0.25, 0.3) is 0 Å². The summed E-state index contributed by atoms with van der Waals surface area (Å²) in [6.45, 7) is 5.83. The standard InChI is InChI=1S/C15H20FNO2/c1-11(9-13-3-5-14(16)6-4-13)15(18)17-7-8-19-12(2)10-17/h3-6,11-12H,7-10H2,1-2H3. The lowest BCUT2D eigenvalue weighted by atomic mass is 9.99. The quantitative estimate of drug-likeness (QED) is 0.839. The van der Waals surface area contributed by atoms with Crippen LogP contribution in [0, 0.1) is 11.7 Å². The van der Waals surface area contributed by atoms with Gasteiger partial charge in [0.15, 0.2) is 0 Å². The maximum absolute atomic E-state index is 12.8. The van der Waals surface area contributed by atoms with Gasteiger partial charge >= 0.3 is 0 Å². The number of morpholine rings is 1. The molecule has 1 aromatic carbocycles. The van der Waals surface area contributed by atoms with Crippen LogP contribution in [0.4, 0.5) is 4.39 Å². The number of hydrogen-bond acceptors (Lipinski definition) is 2. The van der Waals surface area contributed by atoms with E-state index in [1.54, 1.807) is 12.1 Å². The van der Waals surface area contributed by atoms with E-state index in [2.05, 4.69) is 0 Å². The number of ether oxygens (including phenoxy) is 1. The zero-order chi connectivity index (χ0) is 13.8. The Kier molecular flexibility index (Phi) is 4.53. The lowest BCUT2D eigenvalue weighted by Gasteiger charge is -2.33. The number of rotatable bonds is 3. The molecule has 19 heavy (non-hydrogen) atoms. The zero-order valence-corrected chi connectivity index (χ0v) is 11.4. The van der Waals surface area contributed by atoms with E-state index in [-0.39, 0.29) is 23.7 Å². The lowest BCUT2D eigenvalue weighted by molar-refractivity contribution is -0.141. The van der Waals surface area contributed by atoms with Crippen LogP contribution >= 0.6 is 0 Å².